The topological polar surface area (TPSA) is 64.1 Å². The number of aromatic nitrogens is 2. The van der Waals surface area contributed by atoms with E-state index in [2.05, 4.69) is 15.3 Å². The molecule has 1 aromatic heterocycles. The van der Waals surface area contributed by atoms with Crippen LogP contribution < -0.4 is 10.1 Å². The molecule has 0 saturated heterocycles. The van der Waals surface area contributed by atoms with Gasteiger partial charge in [-0.15, -0.1) is 0 Å². The van der Waals surface area contributed by atoms with Crippen molar-refractivity contribution in [2.24, 2.45) is 0 Å². The first kappa shape index (κ1) is 14.9. The zero-order chi connectivity index (χ0) is 13.5. The molecule has 6 heteroatoms. The number of nitrogens with zero attached hydrogens (tertiary/aromatic N) is 2. The highest BCUT2D eigenvalue weighted by molar-refractivity contribution is 7.84. The van der Waals surface area contributed by atoms with Crippen molar-refractivity contribution < 1.29 is 8.95 Å². The maximum atomic E-state index is 10.9. The molecule has 1 heterocycles. The average molecular weight is 271 g/mol. The highest BCUT2D eigenvalue weighted by Crippen LogP contribution is 2.13. The van der Waals surface area contributed by atoms with E-state index in [1.165, 1.54) is 0 Å². The number of hydrogen-bond acceptors (Lipinski definition) is 5. The van der Waals surface area contributed by atoms with E-state index >= 15 is 0 Å². The number of ether oxygens (including phenoxy) is 1. The molecule has 0 aromatic carbocycles. The van der Waals surface area contributed by atoms with Crippen molar-refractivity contribution in [1.29, 1.82) is 0 Å². The molecule has 1 rings (SSSR count). The summed E-state index contributed by atoms with van der Waals surface area (Å²) in [5.74, 6) is 1.83. The largest absolute Gasteiger partial charge is 0.475 e. The summed E-state index contributed by atoms with van der Waals surface area (Å²) in [7, 11) is -0.746. The predicted octanol–water partition coefficient (Wildman–Crippen LogP) is 1.75. The van der Waals surface area contributed by atoms with Gasteiger partial charge in [-0.25, -0.2) is 4.98 Å². The molecule has 0 aliphatic carbocycles. The lowest BCUT2D eigenvalue weighted by Gasteiger charge is -2.11. The van der Waals surface area contributed by atoms with Gasteiger partial charge in [0.05, 0.1) is 6.10 Å². The lowest BCUT2D eigenvalue weighted by atomic mass is 10.4. The molecule has 1 atom stereocenters. The van der Waals surface area contributed by atoms with E-state index in [1.54, 1.807) is 6.26 Å². The fourth-order valence-electron chi connectivity index (χ4n) is 1.40. The molecule has 1 unspecified atom stereocenters. The number of aryl methyl sites for hydroxylation is 1. The molecular formula is C12H21N3O2S. The van der Waals surface area contributed by atoms with Crippen molar-refractivity contribution in [3.63, 3.8) is 0 Å². The number of nitrogens with one attached hydrogen (secondary N) is 1. The molecule has 1 aromatic rings. The average Bonchev–Trinajstić information content (AvgIpc) is 2.22. The summed E-state index contributed by atoms with van der Waals surface area (Å²) in [6, 6.07) is 1.81. The van der Waals surface area contributed by atoms with Gasteiger partial charge in [-0.3, -0.25) is 4.21 Å². The van der Waals surface area contributed by atoms with Gasteiger partial charge in [-0.2, -0.15) is 4.98 Å². The van der Waals surface area contributed by atoms with Crippen LogP contribution in [0.25, 0.3) is 0 Å². The molecular weight excluding hydrogens is 250 g/mol. The lowest BCUT2D eigenvalue weighted by Crippen LogP contribution is -2.12. The normalized spacial score (nSPS) is 12.5. The second kappa shape index (κ2) is 7.31. The molecule has 102 valence electrons. The maximum Gasteiger partial charge on any atom is 0.226 e. The minimum absolute atomic E-state index is 0.0923. The third kappa shape index (κ3) is 5.95. The quantitative estimate of drug-likeness (QED) is 0.765. The van der Waals surface area contributed by atoms with Crippen LogP contribution in [0.4, 0.5) is 5.95 Å². The smallest absolute Gasteiger partial charge is 0.226 e. The lowest BCUT2D eigenvalue weighted by molar-refractivity contribution is 0.232. The van der Waals surface area contributed by atoms with Crippen molar-refractivity contribution in [2.75, 3.05) is 23.9 Å². The summed E-state index contributed by atoms with van der Waals surface area (Å²) in [6.45, 7) is 6.54. The predicted molar refractivity (Wildman–Crippen MR) is 74.6 cm³/mol. The third-order valence-corrected chi connectivity index (χ3v) is 2.94. The first-order valence-electron chi connectivity index (χ1n) is 6.03. The van der Waals surface area contributed by atoms with Crippen molar-refractivity contribution in [3.05, 3.63) is 11.8 Å². The molecule has 0 aliphatic rings. The number of anilines is 1. The molecule has 0 aliphatic heterocycles. The molecule has 0 radical (unpaired) electrons. The van der Waals surface area contributed by atoms with Gasteiger partial charge < -0.3 is 10.1 Å². The van der Waals surface area contributed by atoms with Crippen molar-refractivity contribution in [1.82, 2.24) is 9.97 Å². The Hall–Kier alpha value is -1.17. The standard InChI is InChI=1S/C12H21N3O2S/c1-9(2)17-11-8-10(3)14-12(15-11)13-6-5-7-18(4)16/h8-9H,5-7H2,1-4H3,(H,13,14,15). The van der Waals surface area contributed by atoms with E-state index < -0.39 is 10.8 Å². The molecule has 1 N–H and O–H groups in total. The molecule has 0 saturated carbocycles. The van der Waals surface area contributed by atoms with E-state index in [9.17, 15) is 4.21 Å². The van der Waals surface area contributed by atoms with Gasteiger partial charge in [0.15, 0.2) is 0 Å². The van der Waals surface area contributed by atoms with Crippen LogP contribution in [0.1, 0.15) is 26.0 Å². The van der Waals surface area contributed by atoms with Crippen LogP contribution in [0, 0.1) is 6.92 Å². The highest BCUT2D eigenvalue weighted by atomic mass is 32.2. The number of hydrogen-bond donors (Lipinski definition) is 1. The van der Waals surface area contributed by atoms with Gasteiger partial charge in [-0.05, 0) is 27.2 Å². The van der Waals surface area contributed by atoms with Crippen LogP contribution in [-0.4, -0.2) is 38.8 Å². The third-order valence-electron chi connectivity index (χ3n) is 2.08. The molecule has 5 nitrogen and oxygen atoms in total. The summed E-state index contributed by atoms with van der Waals surface area (Å²) in [5, 5.41) is 3.12. The van der Waals surface area contributed by atoms with Gasteiger partial charge in [0, 0.05) is 41.1 Å². The highest BCUT2D eigenvalue weighted by Gasteiger charge is 2.04. The van der Waals surface area contributed by atoms with Gasteiger partial charge >= 0.3 is 0 Å². The Morgan fingerprint density at radius 1 is 1.44 bits per heavy atom. The monoisotopic (exact) mass is 271 g/mol. The van der Waals surface area contributed by atoms with E-state index in [-0.39, 0.29) is 6.10 Å². The number of rotatable bonds is 7. The fraction of sp³-hybridized carbons (Fsp3) is 0.667. The Kier molecular flexibility index (Phi) is 6.04. The Bertz CT molecular complexity index is 410. The van der Waals surface area contributed by atoms with Crippen LogP contribution in [0.3, 0.4) is 0 Å². The molecule has 0 bridgehead atoms. The maximum absolute atomic E-state index is 10.9. The zero-order valence-electron chi connectivity index (χ0n) is 11.4. The van der Waals surface area contributed by atoms with Crippen LogP contribution in [0.15, 0.2) is 6.07 Å². The summed E-state index contributed by atoms with van der Waals surface area (Å²) < 4.78 is 16.5. The van der Waals surface area contributed by atoms with Crippen molar-refractivity contribution in [3.8, 4) is 5.88 Å². The SMILES string of the molecule is Cc1cc(OC(C)C)nc(NCCCS(C)=O)n1. The van der Waals surface area contributed by atoms with Gasteiger partial charge in [0.1, 0.15) is 0 Å². The molecule has 0 amide bonds. The second-order valence-electron chi connectivity index (χ2n) is 4.40. The minimum Gasteiger partial charge on any atom is -0.475 e. The van der Waals surface area contributed by atoms with Crippen LogP contribution in [0.2, 0.25) is 0 Å². The van der Waals surface area contributed by atoms with Gasteiger partial charge in [0.2, 0.25) is 11.8 Å². The van der Waals surface area contributed by atoms with Crippen LogP contribution >= 0.6 is 0 Å². The van der Waals surface area contributed by atoms with Crippen LogP contribution in [0.5, 0.6) is 5.88 Å². The summed E-state index contributed by atoms with van der Waals surface area (Å²) in [4.78, 5) is 8.55. The first-order chi connectivity index (χ1) is 8.47. The second-order valence-corrected chi connectivity index (χ2v) is 5.95. The Morgan fingerprint density at radius 3 is 2.78 bits per heavy atom. The molecule has 0 fully saturated rings. The Labute approximate surface area is 111 Å². The summed E-state index contributed by atoms with van der Waals surface area (Å²) in [6.07, 6.45) is 2.63. The van der Waals surface area contributed by atoms with Gasteiger partial charge in [-0.1, -0.05) is 0 Å². The fourth-order valence-corrected chi connectivity index (χ4v) is 1.95. The van der Waals surface area contributed by atoms with E-state index in [0.717, 1.165) is 12.1 Å². The van der Waals surface area contributed by atoms with E-state index in [1.807, 2.05) is 26.8 Å². The summed E-state index contributed by atoms with van der Waals surface area (Å²) >= 11 is 0. The first-order valence-corrected chi connectivity index (χ1v) is 7.76. The molecule has 18 heavy (non-hydrogen) atoms. The van der Waals surface area contributed by atoms with Crippen molar-refractivity contribution >= 4 is 16.7 Å². The summed E-state index contributed by atoms with van der Waals surface area (Å²) in [5.41, 5.74) is 0.863. The van der Waals surface area contributed by atoms with Crippen LogP contribution in [-0.2, 0) is 10.8 Å². The van der Waals surface area contributed by atoms with Crippen molar-refractivity contribution in [2.45, 2.75) is 33.3 Å². The van der Waals surface area contributed by atoms with E-state index in [0.29, 0.717) is 24.1 Å². The Balaban J connectivity index is 2.54. The minimum atomic E-state index is -0.746. The van der Waals surface area contributed by atoms with Gasteiger partial charge in [0.25, 0.3) is 0 Å². The van der Waals surface area contributed by atoms with E-state index in [4.69, 9.17) is 4.74 Å². The zero-order valence-corrected chi connectivity index (χ0v) is 12.2. The Morgan fingerprint density at radius 2 is 2.17 bits per heavy atom. The molecule has 0 spiro atoms.